The highest BCUT2D eigenvalue weighted by atomic mass is 16.1. The Bertz CT molecular complexity index is 494. The molecule has 0 amide bonds. The molecule has 2 fully saturated rings. The number of Topliss-reactive ketones (excluding diaryl/α,β-unsaturated/α-hetero) is 1. The summed E-state index contributed by atoms with van der Waals surface area (Å²) in [4.78, 5) is 12.5. The summed E-state index contributed by atoms with van der Waals surface area (Å²) in [7, 11) is 1.92. The minimum atomic E-state index is 0.0598. The number of hydrogen-bond donors (Lipinski definition) is 1. The molecule has 2 aliphatic rings. The lowest BCUT2D eigenvalue weighted by molar-refractivity contribution is -0.121. The number of fused-ring (bicyclic) bond motifs is 1. The Hall–Kier alpha value is -1.16. The van der Waals surface area contributed by atoms with Gasteiger partial charge in [0.25, 0.3) is 0 Å². The monoisotopic (exact) mass is 275 g/mol. The normalized spacial score (nSPS) is 30.0. The first-order valence-electron chi connectivity index (χ1n) is 7.92. The van der Waals surface area contributed by atoms with Crippen molar-refractivity contribution in [2.24, 2.45) is 13.0 Å². The van der Waals surface area contributed by atoms with Gasteiger partial charge in [0.1, 0.15) is 0 Å². The molecule has 3 unspecified atom stereocenters. The summed E-state index contributed by atoms with van der Waals surface area (Å²) in [5.74, 6) is 1.14. The summed E-state index contributed by atoms with van der Waals surface area (Å²) in [5.41, 5.74) is 2.01. The molecular formula is C16H25N3O. The average molecular weight is 275 g/mol. The Morgan fingerprint density at radius 3 is 2.90 bits per heavy atom. The van der Waals surface area contributed by atoms with Crippen LogP contribution in [0.1, 0.15) is 49.9 Å². The molecule has 1 saturated carbocycles. The van der Waals surface area contributed by atoms with E-state index >= 15 is 0 Å². The molecule has 1 N–H and O–H groups in total. The van der Waals surface area contributed by atoms with Crippen molar-refractivity contribution in [1.29, 1.82) is 0 Å². The van der Waals surface area contributed by atoms with Crippen LogP contribution in [0.2, 0.25) is 0 Å². The summed E-state index contributed by atoms with van der Waals surface area (Å²) in [6.45, 7) is 1.97. The molecule has 4 nitrogen and oxygen atoms in total. The first kappa shape index (κ1) is 13.8. The Morgan fingerprint density at radius 1 is 1.35 bits per heavy atom. The molecule has 1 aliphatic carbocycles. The molecule has 2 heterocycles. The molecule has 3 rings (SSSR count). The average Bonchev–Trinajstić information content (AvgIpc) is 2.76. The first-order valence-corrected chi connectivity index (χ1v) is 7.92. The topological polar surface area (TPSA) is 46.9 Å². The maximum atomic E-state index is 12.5. The zero-order valence-corrected chi connectivity index (χ0v) is 12.6. The second-order valence-corrected chi connectivity index (χ2v) is 6.49. The van der Waals surface area contributed by atoms with Crippen molar-refractivity contribution < 1.29 is 4.79 Å². The predicted octanol–water partition coefficient (Wildman–Crippen LogP) is 2.15. The molecule has 20 heavy (non-hydrogen) atoms. The quantitative estimate of drug-likeness (QED) is 0.919. The van der Waals surface area contributed by atoms with Gasteiger partial charge in [-0.3, -0.25) is 9.48 Å². The molecule has 1 saturated heterocycles. The van der Waals surface area contributed by atoms with Crippen molar-refractivity contribution in [3.05, 3.63) is 17.5 Å². The van der Waals surface area contributed by atoms with Crippen LogP contribution in [0.25, 0.3) is 0 Å². The van der Waals surface area contributed by atoms with E-state index in [4.69, 9.17) is 0 Å². The highest BCUT2D eigenvalue weighted by Crippen LogP contribution is 2.32. The van der Waals surface area contributed by atoms with Gasteiger partial charge in [0.05, 0.1) is 11.7 Å². The molecular weight excluding hydrogens is 250 g/mol. The van der Waals surface area contributed by atoms with Crippen molar-refractivity contribution >= 4 is 5.78 Å². The second kappa shape index (κ2) is 5.68. The number of hydrogen-bond acceptors (Lipinski definition) is 3. The van der Waals surface area contributed by atoms with Crippen LogP contribution in [-0.4, -0.2) is 27.6 Å². The van der Waals surface area contributed by atoms with Gasteiger partial charge in [-0.05, 0) is 44.6 Å². The van der Waals surface area contributed by atoms with E-state index in [1.54, 1.807) is 0 Å². The maximum Gasteiger partial charge on any atom is 0.155 e. The zero-order valence-electron chi connectivity index (χ0n) is 12.6. The highest BCUT2D eigenvalue weighted by Gasteiger charge is 2.34. The SMILES string of the molecule is Cc1cc(CC(=O)C2CCC3CCCCC3N2)n(C)n1. The Balaban J connectivity index is 1.61. The molecule has 1 aromatic rings. The van der Waals surface area contributed by atoms with Crippen molar-refractivity contribution in [3.8, 4) is 0 Å². The van der Waals surface area contributed by atoms with Gasteiger partial charge in [0.2, 0.25) is 0 Å². The summed E-state index contributed by atoms with van der Waals surface area (Å²) < 4.78 is 1.83. The van der Waals surface area contributed by atoms with E-state index in [2.05, 4.69) is 10.4 Å². The Morgan fingerprint density at radius 2 is 2.15 bits per heavy atom. The van der Waals surface area contributed by atoms with E-state index in [0.717, 1.165) is 23.7 Å². The minimum Gasteiger partial charge on any atom is -0.304 e. The van der Waals surface area contributed by atoms with E-state index in [1.165, 1.54) is 32.1 Å². The van der Waals surface area contributed by atoms with Gasteiger partial charge in [-0.15, -0.1) is 0 Å². The Kier molecular flexibility index (Phi) is 3.92. The number of aromatic nitrogens is 2. The summed E-state index contributed by atoms with van der Waals surface area (Å²) in [5, 5.41) is 7.94. The van der Waals surface area contributed by atoms with Gasteiger partial charge < -0.3 is 5.32 Å². The van der Waals surface area contributed by atoms with Crippen LogP contribution < -0.4 is 5.32 Å². The molecule has 3 atom stereocenters. The van der Waals surface area contributed by atoms with Crippen LogP contribution in [0, 0.1) is 12.8 Å². The van der Waals surface area contributed by atoms with Crippen LogP contribution >= 0.6 is 0 Å². The molecule has 1 aromatic heterocycles. The van der Waals surface area contributed by atoms with Crippen molar-refractivity contribution in [2.75, 3.05) is 0 Å². The smallest absolute Gasteiger partial charge is 0.155 e. The molecule has 4 heteroatoms. The molecule has 0 aromatic carbocycles. The lowest BCUT2D eigenvalue weighted by Gasteiger charge is -2.40. The number of piperidine rings is 1. The third-order valence-electron chi connectivity index (χ3n) is 4.99. The van der Waals surface area contributed by atoms with Gasteiger partial charge in [0.15, 0.2) is 5.78 Å². The van der Waals surface area contributed by atoms with E-state index < -0.39 is 0 Å². The number of rotatable bonds is 3. The number of ketones is 1. The summed E-state index contributed by atoms with van der Waals surface area (Å²) in [6, 6.07) is 2.66. The molecule has 0 radical (unpaired) electrons. The number of nitrogens with one attached hydrogen (secondary N) is 1. The zero-order chi connectivity index (χ0) is 14.1. The number of aryl methyl sites for hydroxylation is 2. The van der Waals surface area contributed by atoms with Gasteiger partial charge >= 0.3 is 0 Å². The van der Waals surface area contributed by atoms with Crippen molar-refractivity contribution in [1.82, 2.24) is 15.1 Å². The fourth-order valence-corrected chi connectivity index (χ4v) is 3.88. The van der Waals surface area contributed by atoms with Gasteiger partial charge in [-0.2, -0.15) is 5.10 Å². The second-order valence-electron chi connectivity index (χ2n) is 6.49. The third-order valence-corrected chi connectivity index (χ3v) is 4.99. The number of nitrogens with zero attached hydrogens (tertiary/aromatic N) is 2. The van der Waals surface area contributed by atoms with E-state index in [-0.39, 0.29) is 6.04 Å². The highest BCUT2D eigenvalue weighted by molar-refractivity contribution is 5.86. The number of carbonyl (C=O) groups excluding carboxylic acids is 1. The maximum absolute atomic E-state index is 12.5. The van der Waals surface area contributed by atoms with E-state index in [1.807, 2.05) is 24.7 Å². The van der Waals surface area contributed by atoms with Gasteiger partial charge in [-0.1, -0.05) is 12.8 Å². The molecule has 0 spiro atoms. The first-order chi connectivity index (χ1) is 9.63. The lowest BCUT2D eigenvalue weighted by atomic mass is 9.77. The van der Waals surface area contributed by atoms with E-state index in [9.17, 15) is 4.79 Å². The molecule has 110 valence electrons. The molecule has 1 aliphatic heterocycles. The summed E-state index contributed by atoms with van der Waals surface area (Å²) >= 11 is 0. The predicted molar refractivity (Wildman–Crippen MR) is 78.6 cm³/mol. The van der Waals surface area contributed by atoms with Crippen LogP contribution in [0.4, 0.5) is 0 Å². The van der Waals surface area contributed by atoms with E-state index in [0.29, 0.717) is 18.2 Å². The van der Waals surface area contributed by atoms with Crippen molar-refractivity contribution in [2.45, 2.75) is 64.0 Å². The van der Waals surface area contributed by atoms with Gasteiger partial charge in [0, 0.05) is 25.2 Å². The fourth-order valence-electron chi connectivity index (χ4n) is 3.88. The third kappa shape index (κ3) is 2.80. The minimum absolute atomic E-state index is 0.0598. The fraction of sp³-hybridized carbons (Fsp3) is 0.750. The number of carbonyl (C=O) groups is 1. The molecule has 0 bridgehead atoms. The Labute approximate surface area is 120 Å². The van der Waals surface area contributed by atoms with Crippen LogP contribution in [0.3, 0.4) is 0 Å². The lowest BCUT2D eigenvalue weighted by Crippen LogP contribution is -2.52. The standard InChI is InChI=1S/C16H25N3O/c1-11-9-13(19(2)18-11)10-16(20)15-8-7-12-5-3-4-6-14(12)17-15/h9,12,14-15,17H,3-8,10H2,1-2H3. The van der Waals surface area contributed by atoms with Crippen LogP contribution in [-0.2, 0) is 18.3 Å². The van der Waals surface area contributed by atoms with Gasteiger partial charge in [-0.25, -0.2) is 0 Å². The summed E-state index contributed by atoms with van der Waals surface area (Å²) in [6.07, 6.45) is 8.02. The largest absolute Gasteiger partial charge is 0.304 e. The van der Waals surface area contributed by atoms with Crippen molar-refractivity contribution in [3.63, 3.8) is 0 Å². The van der Waals surface area contributed by atoms with Crippen LogP contribution in [0.15, 0.2) is 6.07 Å². The van der Waals surface area contributed by atoms with Crippen LogP contribution in [0.5, 0.6) is 0 Å².